The van der Waals surface area contributed by atoms with Crippen molar-refractivity contribution in [2.24, 2.45) is 0 Å². The van der Waals surface area contributed by atoms with Crippen LogP contribution < -0.4 is 10.1 Å². The Labute approximate surface area is 112 Å². The van der Waals surface area contributed by atoms with E-state index in [0.717, 1.165) is 22.6 Å². The number of ether oxygens (including phenoxy) is 1. The lowest BCUT2D eigenvalue weighted by molar-refractivity contribution is 0.177. The van der Waals surface area contributed by atoms with Gasteiger partial charge in [-0.1, -0.05) is 18.2 Å². The van der Waals surface area contributed by atoms with Crippen LogP contribution in [0.2, 0.25) is 0 Å². The zero-order valence-corrected chi connectivity index (χ0v) is 11.0. The molecule has 2 atom stereocenters. The molecule has 0 aromatic heterocycles. The molecule has 3 heteroatoms. The fraction of sp³-hybridized carbons (Fsp3) is 0.250. The quantitative estimate of drug-likeness (QED) is 0.831. The van der Waals surface area contributed by atoms with Crippen LogP contribution in [0.5, 0.6) is 5.75 Å². The maximum absolute atomic E-state index is 13.3. The zero-order chi connectivity index (χ0) is 13.4. The fourth-order valence-corrected chi connectivity index (χ4v) is 2.45. The van der Waals surface area contributed by atoms with E-state index in [1.54, 1.807) is 6.07 Å². The normalized spacial score (nSPS) is 21.2. The van der Waals surface area contributed by atoms with Gasteiger partial charge in [0.15, 0.2) is 0 Å². The minimum atomic E-state index is -0.233. The van der Waals surface area contributed by atoms with Crippen LogP contribution in [-0.4, -0.2) is 6.04 Å². The number of rotatable bonds is 1. The molecule has 2 unspecified atom stereocenters. The highest BCUT2D eigenvalue weighted by Crippen LogP contribution is 2.37. The Morgan fingerprint density at radius 1 is 1.16 bits per heavy atom. The number of fused-ring (bicyclic) bond motifs is 1. The maximum Gasteiger partial charge on any atom is 0.144 e. The Bertz CT molecular complexity index is 611. The fourth-order valence-electron chi connectivity index (χ4n) is 2.45. The van der Waals surface area contributed by atoms with Gasteiger partial charge in [-0.3, -0.25) is 0 Å². The van der Waals surface area contributed by atoms with Crippen LogP contribution in [0.25, 0.3) is 0 Å². The van der Waals surface area contributed by atoms with Crippen molar-refractivity contribution in [1.82, 2.24) is 0 Å². The largest absolute Gasteiger partial charge is 0.481 e. The van der Waals surface area contributed by atoms with E-state index in [2.05, 4.69) is 5.32 Å². The predicted molar refractivity (Wildman–Crippen MR) is 74.0 cm³/mol. The Morgan fingerprint density at radius 3 is 2.79 bits per heavy atom. The molecule has 98 valence electrons. The number of hydrogen-bond donors (Lipinski definition) is 1. The molecule has 0 saturated heterocycles. The second kappa shape index (κ2) is 4.57. The lowest BCUT2D eigenvalue weighted by Gasteiger charge is -2.33. The summed E-state index contributed by atoms with van der Waals surface area (Å²) in [4.78, 5) is 0. The van der Waals surface area contributed by atoms with Gasteiger partial charge in [0.25, 0.3) is 0 Å². The summed E-state index contributed by atoms with van der Waals surface area (Å²) in [6.07, 6.45) is -0.176. The Morgan fingerprint density at radius 2 is 2.00 bits per heavy atom. The van der Waals surface area contributed by atoms with Crippen LogP contribution in [-0.2, 0) is 0 Å². The Hall–Kier alpha value is -2.03. The van der Waals surface area contributed by atoms with E-state index in [1.807, 2.05) is 38.1 Å². The van der Waals surface area contributed by atoms with E-state index in [0.29, 0.717) is 0 Å². The van der Waals surface area contributed by atoms with Gasteiger partial charge in [-0.2, -0.15) is 0 Å². The summed E-state index contributed by atoms with van der Waals surface area (Å²) in [7, 11) is 0. The van der Waals surface area contributed by atoms with E-state index in [-0.39, 0.29) is 18.0 Å². The summed E-state index contributed by atoms with van der Waals surface area (Å²) in [5, 5.41) is 3.41. The topological polar surface area (TPSA) is 21.3 Å². The minimum Gasteiger partial charge on any atom is -0.481 e. The molecule has 2 nitrogen and oxygen atoms in total. The van der Waals surface area contributed by atoms with Gasteiger partial charge in [0.1, 0.15) is 17.7 Å². The Kier molecular flexibility index (Phi) is 2.90. The molecule has 1 aliphatic heterocycles. The molecule has 0 bridgehead atoms. The summed E-state index contributed by atoms with van der Waals surface area (Å²) in [5.74, 6) is 0.593. The van der Waals surface area contributed by atoms with Gasteiger partial charge in [-0.15, -0.1) is 0 Å². The Balaban J connectivity index is 1.97. The smallest absolute Gasteiger partial charge is 0.144 e. The summed E-state index contributed by atoms with van der Waals surface area (Å²) < 4.78 is 19.4. The van der Waals surface area contributed by atoms with E-state index >= 15 is 0 Å². The third kappa shape index (κ3) is 2.28. The first-order valence-corrected chi connectivity index (χ1v) is 6.43. The molecule has 0 spiro atoms. The van der Waals surface area contributed by atoms with E-state index in [1.165, 1.54) is 12.1 Å². The van der Waals surface area contributed by atoms with Crippen molar-refractivity contribution in [2.75, 3.05) is 5.32 Å². The second-order valence-electron chi connectivity index (χ2n) is 5.03. The number of benzene rings is 2. The van der Waals surface area contributed by atoms with Gasteiger partial charge in [-0.25, -0.2) is 4.39 Å². The monoisotopic (exact) mass is 257 g/mol. The SMILES string of the molecule is Cc1ccc2c(c1)OC(c1cccc(F)c1)C(C)N2. The predicted octanol–water partition coefficient (Wildman–Crippen LogP) is 4.07. The van der Waals surface area contributed by atoms with Crippen molar-refractivity contribution in [3.63, 3.8) is 0 Å². The first-order valence-electron chi connectivity index (χ1n) is 6.43. The van der Waals surface area contributed by atoms with E-state index in [9.17, 15) is 4.39 Å². The summed E-state index contributed by atoms with van der Waals surface area (Å²) >= 11 is 0. The molecule has 1 N–H and O–H groups in total. The average molecular weight is 257 g/mol. The molecule has 3 rings (SSSR count). The van der Waals surface area contributed by atoms with Gasteiger partial charge >= 0.3 is 0 Å². The third-order valence-corrected chi connectivity index (χ3v) is 3.41. The van der Waals surface area contributed by atoms with E-state index < -0.39 is 0 Å². The molecule has 0 fully saturated rings. The highest BCUT2D eigenvalue weighted by Gasteiger charge is 2.27. The molecule has 0 saturated carbocycles. The minimum absolute atomic E-state index is 0.0945. The number of halogens is 1. The van der Waals surface area contributed by atoms with Gasteiger partial charge < -0.3 is 10.1 Å². The zero-order valence-electron chi connectivity index (χ0n) is 11.0. The molecule has 1 heterocycles. The van der Waals surface area contributed by atoms with Crippen LogP contribution in [0.3, 0.4) is 0 Å². The van der Waals surface area contributed by atoms with Crippen LogP contribution in [0.15, 0.2) is 42.5 Å². The molecule has 0 aliphatic carbocycles. The maximum atomic E-state index is 13.3. The van der Waals surface area contributed by atoms with Crippen molar-refractivity contribution in [2.45, 2.75) is 26.0 Å². The van der Waals surface area contributed by atoms with Crippen molar-refractivity contribution in [3.05, 3.63) is 59.4 Å². The summed E-state index contributed by atoms with van der Waals surface area (Å²) in [6.45, 7) is 4.07. The average Bonchev–Trinajstić information content (AvgIpc) is 2.38. The number of nitrogens with one attached hydrogen (secondary N) is 1. The number of hydrogen-bond acceptors (Lipinski definition) is 2. The molecular weight excluding hydrogens is 241 g/mol. The lowest BCUT2D eigenvalue weighted by atomic mass is 10.0. The molecular formula is C16H16FNO. The molecule has 1 aliphatic rings. The van der Waals surface area contributed by atoms with Gasteiger partial charge in [-0.05, 0) is 49.2 Å². The van der Waals surface area contributed by atoms with Gasteiger partial charge in [0, 0.05) is 0 Å². The summed E-state index contributed by atoms with van der Waals surface area (Å²) in [6, 6.07) is 12.7. The van der Waals surface area contributed by atoms with Crippen molar-refractivity contribution in [1.29, 1.82) is 0 Å². The van der Waals surface area contributed by atoms with Crippen molar-refractivity contribution < 1.29 is 9.13 Å². The first kappa shape index (κ1) is 12.0. The van der Waals surface area contributed by atoms with Crippen LogP contribution in [0.1, 0.15) is 24.2 Å². The standard InChI is InChI=1S/C16H16FNO/c1-10-6-7-14-15(8-10)19-16(11(2)18-14)12-4-3-5-13(17)9-12/h3-9,11,16,18H,1-2H3. The second-order valence-corrected chi connectivity index (χ2v) is 5.03. The van der Waals surface area contributed by atoms with Crippen LogP contribution >= 0.6 is 0 Å². The van der Waals surface area contributed by atoms with E-state index in [4.69, 9.17) is 4.74 Å². The highest BCUT2D eigenvalue weighted by atomic mass is 19.1. The molecule has 0 amide bonds. The lowest BCUT2D eigenvalue weighted by Crippen LogP contribution is -2.32. The van der Waals surface area contributed by atoms with Gasteiger partial charge in [0.2, 0.25) is 0 Å². The molecule has 0 radical (unpaired) electrons. The highest BCUT2D eigenvalue weighted by molar-refractivity contribution is 5.60. The molecule has 2 aromatic carbocycles. The summed E-state index contributed by atoms with van der Waals surface area (Å²) in [5.41, 5.74) is 2.99. The first-order chi connectivity index (χ1) is 9.13. The van der Waals surface area contributed by atoms with Gasteiger partial charge in [0.05, 0.1) is 11.7 Å². The van der Waals surface area contributed by atoms with Crippen molar-refractivity contribution in [3.8, 4) is 5.75 Å². The number of aryl methyl sites for hydroxylation is 1. The molecule has 19 heavy (non-hydrogen) atoms. The molecule has 2 aromatic rings. The van der Waals surface area contributed by atoms with Crippen molar-refractivity contribution >= 4 is 5.69 Å². The van der Waals surface area contributed by atoms with Crippen LogP contribution in [0, 0.1) is 12.7 Å². The number of anilines is 1. The van der Waals surface area contributed by atoms with Crippen LogP contribution in [0.4, 0.5) is 10.1 Å². The third-order valence-electron chi connectivity index (χ3n) is 3.41.